The number of halogens is 1. The Morgan fingerprint density at radius 1 is 0.926 bits per heavy atom. The average molecular weight is 736 g/mol. The van der Waals surface area contributed by atoms with Gasteiger partial charge in [-0.15, -0.1) is 0 Å². The Hall–Kier alpha value is -5.06. The zero-order valence-electron chi connectivity index (χ0n) is 32.3. The van der Waals surface area contributed by atoms with Gasteiger partial charge in [-0.05, 0) is 92.5 Å². The van der Waals surface area contributed by atoms with E-state index in [2.05, 4.69) is 25.7 Å². The minimum atomic E-state index is -0.928. The van der Waals surface area contributed by atoms with Crippen molar-refractivity contribution in [2.24, 2.45) is 5.92 Å². The number of carbonyl (C=O) groups is 2. The number of hydrogen-bond acceptors (Lipinski definition) is 8. The van der Waals surface area contributed by atoms with Crippen molar-refractivity contribution in [1.29, 1.82) is 0 Å². The molecule has 3 heterocycles. The number of benzene rings is 3. The topological polar surface area (TPSA) is 91.6 Å². The molecule has 0 N–H and O–H groups in total. The molecule has 0 radical (unpaired) electrons. The fourth-order valence-corrected chi connectivity index (χ4v) is 7.04. The molecule has 1 fully saturated rings. The number of rotatable bonds is 14. The van der Waals surface area contributed by atoms with E-state index in [9.17, 15) is 9.59 Å². The number of fused-ring (bicyclic) bond motifs is 1. The van der Waals surface area contributed by atoms with E-state index in [0.29, 0.717) is 97.9 Å². The smallest absolute Gasteiger partial charge is 0.379 e. The number of nitrogens with zero attached hydrogens (tertiary/aromatic N) is 3. The molecule has 0 unspecified atom stereocenters. The Bertz CT molecular complexity index is 2140. The number of carbonyl (C=O) groups excluding carboxylic acids is 2. The molecule has 2 aromatic heterocycles. The molecule has 10 heteroatoms. The maximum Gasteiger partial charge on any atom is 0.379 e. The van der Waals surface area contributed by atoms with E-state index in [-0.39, 0.29) is 17.0 Å². The van der Waals surface area contributed by atoms with Crippen LogP contribution in [0.3, 0.4) is 0 Å². The maximum absolute atomic E-state index is 15.8. The van der Waals surface area contributed by atoms with Crippen molar-refractivity contribution in [2.75, 3.05) is 44.9 Å². The molecule has 1 aliphatic rings. The van der Waals surface area contributed by atoms with E-state index in [0.717, 1.165) is 22.3 Å². The van der Waals surface area contributed by atoms with Crippen LogP contribution in [0.2, 0.25) is 0 Å². The second kappa shape index (κ2) is 16.5. The van der Waals surface area contributed by atoms with Gasteiger partial charge >= 0.3 is 5.97 Å². The van der Waals surface area contributed by atoms with E-state index in [1.165, 1.54) is 13.2 Å². The summed E-state index contributed by atoms with van der Waals surface area (Å²) in [4.78, 5) is 33.7. The van der Waals surface area contributed by atoms with Crippen LogP contribution in [-0.2, 0) is 25.6 Å². The van der Waals surface area contributed by atoms with Gasteiger partial charge in [0, 0.05) is 31.5 Å². The Morgan fingerprint density at radius 3 is 2.35 bits per heavy atom. The van der Waals surface area contributed by atoms with Crippen molar-refractivity contribution in [1.82, 2.24) is 9.38 Å². The molecule has 0 bridgehead atoms. The molecule has 1 saturated heterocycles. The molecule has 284 valence electrons. The number of aromatic nitrogens is 2. The largest absolute Gasteiger partial charge is 0.488 e. The first-order valence-electron chi connectivity index (χ1n) is 18.6. The molecule has 1 aliphatic heterocycles. The highest BCUT2D eigenvalue weighted by Gasteiger charge is 2.36. The maximum atomic E-state index is 15.8. The molecule has 3 aromatic carbocycles. The van der Waals surface area contributed by atoms with Crippen molar-refractivity contribution in [3.8, 4) is 28.1 Å². The number of methoxy groups -OCH3 is 1. The summed E-state index contributed by atoms with van der Waals surface area (Å²) in [5.41, 5.74) is 6.15. The van der Waals surface area contributed by atoms with Crippen LogP contribution in [0.25, 0.3) is 28.0 Å². The van der Waals surface area contributed by atoms with E-state index < -0.39 is 11.8 Å². The summed E-state index contributed by atoms with van der Waals surface area (Å²) in [6.45, 7) is 15.1. The normalized spacial score (nSPS) is 14.1. The first-order chi connectivity index (χ1) is 25.9. The predicted molar refractivity (Wildman–Crippen MR) is 209 cm³/mol. The number of ketones is 1. The van der Waals surface area contributed by atoms with Gasteiger partial charge in [-0.1, -0.05) is 62.4 Å². The molecule has 0 spiro atoms. The van der Waals surface area contributed by atoms with Gasteiger partial charge in [0.25, 0.3) is 5.78 Å². The number of piperidine rings is 1. The molecule has 54 heavy (non-hydrogen) atoms. The molecule has 0 aliphatic carbocycles. The SMILES string of the molecule is COC(=O)C(=O)c1c(C)c(C)c2nc(-c3cccc(-c4c(F)cc(C)cc4OCc4ccccc4)c3)cn2c1N1CCC(C)(OCCOCC(C)C)CC1. The van der Waals surface area contributed by atoms with E-state index in [1.54, 1.807) is 0 Å². The lowest BCUT2D eigenvalue weighted by molar-refractivity contribution is -0.135. The summed E-state index contributed by atoms with van der Waals surface area (Å²) in [7, 11) is 1.21. The highest BCUT2D eigenvalue weighted by Crippen LogP contribution is 2.39. The van der Waals surface area contributed by atoms with Crippen LogP contribution in [0.15, 0.2) is 72.9 Å². The van der Waals surface area contributed by atoms with Crippen LogP contribution >= 0.6 is 0 Å². The lowest BCUT2D eigenvalue weighted by Crippen LogP contribution is -2.46. The van der Waals surface area contributed by atoms with E-state index in [1.807, 2.05) is 92.0 Å². The standard InChI is InChI=1S/C44H50FN3O6/c1-28(2)26-52-20-21-54-44(6)16-18-47(19-17-44)42-38(40(49)43(50)51-7)30(4)31(5)41-46-36(25-48(41)42)33-14-11-15-34(24-33)39-35(45)22-29(3)23-37(39)53-27-32-12-9-8-10-13-32/h8-15,22-25,28H,16-21,26-27H2,1-7H3. The summed E-state index contributed by atoms with van der Waals surface area (Å²) in [6.07, 6.45) is 3.30. The zero-order chi connectivity index (χ0) is 38.6. The second-order valence-corrected chi connectivity index (χ2v) is 14.8. The van der Waals surface area contributed by atoms with E-state index >= 15 is 4.39 Å². The third-order valence-corrected chi connectivity index (χ3v) is 10.2. The number of Topliss-reactive ketones (excluding diaryl/α,β-unsaturated/α-hetero) is 1. The fourth-order valence-electron chi connectivity index (χ4n) is 7.04. The molecular weight excluding hydrogens is 685 g/mol. The molecule has 0 saturated carbocycles. The number of pyridine rings is 1. The molecule has 9 nitrogen and oxygen atoms in total. The number of aryl methyl sites for hydroxylation is 2. The van der Waals surface area contributed by atoms with Crippen LogP contribution in [-0.4, -0.2) is 66.8 Å². The Labute approximate surface area is 317 Å². The number of esters is 1. The third kappa shape index (κ3) is 8.35. The predicted octanol–water partition coefficient (Wildman–Crippen LogP) is 8.72. The van der Waals surface area contributed by atoms with Gasteiger partial charge in [0.05, 0.1) is 42.7 Å². The molecule has 0 amide bonds. The summed E-state index contributed by atoms with van der Waals surface area (Å²) in [5, 5.41) is 0. The number of anilines is 1. The summed E-state index contributed by atoms with van der Waals surface area (Å²) in [5.74, 6) is -0.523. The summed E-state index contributed by atoms with van der Waals surface area (Å²) >= 11 is 0. The van der Waals surface area contributed by atoms with Gasteiger partial charge in [-0.2, -0.15) is 0 Å². The third-order valence-electron chi connectivity index (χ3n) is 10.2. The van der Waals surface area contributed by atoms with Gasteiger partial charge in [-0.3, -0.25) is 9.20 Å². The van der Waals surface area contributed by atoms with Crippen LogP contribution in [0.4, 0.5) is 10.2 Å². The van der Waals surface area contributed by atoms with Gasteiger partial charge in [0.1, 0.15) is 29.6 Å². The van der Waals surface area contributed by atoms with Crippen LogP contribution in [0.1, 0.15) is 66.2 Å². The van der Waals surface area contributed by atoms with Crippen molar-refractivity contribution < 1.29 is 32.9 Å². The monoisotopic (exact) mass is 735 g/mol. The Balaban J connectivity index is 1.36. The van der Waals surface area contributed by atoms with Crippen LogP contribution < -0.4 is 9.64 Å². The Morgan fingerprint density at radius 2 is 1.65 bits per heavy atom. The quantitative estimate of drug-likeness (QED) is 0.0484. The van der Waals surface area contributed by atoms with Gasteiger partial charge in [0.2, 0.25) is 0 Å². The Kier molecular flexibility index (Phi) is 11.8. The minimum Gasteiger partial charge on any atom is -0.488 e. The first-order valence-corrected chi connectivity index (χ1v) is 18.6. The minimum absolute atomic E-state index is 0.290. The molecular formula is C44H50FN3O6. The van der Waals surface area contributed by atoms with Crippen molar-refractivity contribution in [2.45, 2.75) is 66.6 Å². The van der Waals surface area contributed by atoms with Crippen molar-refractivity contribution in [3.63, 3.8) is 0 Å². The molecule has 0 atom stereocenters. The second-order valence-electron chi connectivity index (χ2n) is 14.8. The van der Waals surface area contributed by atoms with Crippen LogP contribution in [0.5, 0.6) is 5.75 Å². The van der Waals surface area contributed by atoms with Crippen molar-refractivity contribution in [3.05, 3.63) is 107 Å². The van der Waals surface area contributed by atoms with Gasteiger partial charge < -0.3 is 23.8 Å². The number of hydrogen-bond donors (Lipinski definition) is 0. The average Bonchev–Trinajstić information content (AvgIpc) is 3.61. The van der Waals surface area contributed by atoms with Gasteiger partial charge in [-0.25, -0.2) is 14.2 Å². The lowest BCUT2D eigenvalue weighted by Gasteiger charge is -2.41. The molecule has 6 rings (SSSR count). The lowest BCUT2D eigenvalue weighted by atomic mass is 9.92. The number of imidazole rings is 1. The van der Waals surface area contributed by atoms with Gasteiger partial charge in [0.15, 0.2) is 0 Å². The fraction of sp³-hybridized carbons (Fsp3) is 0.386. The van der Waals surface area contributed by atoms with E-state index in [4.69, 9.17) is 23.9 Å². The van der Waals surface area contributed by atoms with Crippen molar-refractivity contribution >= 4 is 23.2 Å². The summed E-state index contributed by atoms with van der Waals surface area (Å²) < 4.78 is 40.9. The highest BCUT2D eigenvalue weighted by molar-refractivity contribution is 6.42. The summed E-state index contributed by atoms with van der Waals surface area (Å²) in [6, 6.07) is 20.7. The zero-order valence-corrected chi connectivity index (χ0v) is 32.3. The first kappa shape index (κ1) is 38.7. The highest BCUT2D eigenvalue weighted by atomic mass is 19.1. The molecule has 5 aromatic rings. The van der Waals surface area contributed by atoms with Crippen LogP contribution in [0, 0.1) is 32.5 Å². The number of ether oxygens (including phenoxy) is 4.